The molecule has 0 spiro atoms. The van der Waals surface area contributed by atoms with E-state index in [1.807, 2.05) is 25.1 Å². The summed E-state index contributed by atoms with van der Waals surface area (Å²) in [5.41, 5.74) is 2.33. The molecule has 0 saturated heterocycles. The Kier molecular flexibility index (Phi) is 6.69. The fraction of sp³-hybridized carbons (Fsp3) is 0.350. The van der Waals surface area contributed by atoms with E-state index < -0.39 is 12.3 Å². The molecule has 0 saturated carbocycles. The zero-order chi connectivity index (χ0) is 19.3. The van der Waals surface area contributed by atoms with Gasteiger partial charge in [-0.3, -0.25) is 10.0 Å². The molecular formula is C20H23F2NO3. The number of anilines is 1. The van der Waals surface area contributed by atoms with E-state index in [9.17, 15) is 18.8 Å². The molecule has 0 aliphatic heterocycles. The number of hydrogen-bond acceptors (Lipinski definition) is 3. The molecule has 0 atom stereocenters. The van der Waals surface area contributed by atoms with E-state index >= 15 is 0 Å². The quantitative estimate of drug-likeness (QED) is 0.543. The lowest BCUT2D eigenvalue weighted by molar-refractivity contribution is -0.123. The van der Waals surface area contributed by atoms with Gasteiger partial charge in [-0.25, -0.2) is 8.78 Å². The zero-order valence-corrected chi connectivity index (χ0v) is 15.1. The summed E-state index contributed by atoms with van der Waals surface area (Å²) in [5.74, 6) is 0.0820. The fourth-order valence-electron chi connectivity index (χ4n) is 2.57. The maximum Gasteiger partial charge on any atom is 0.263 e. The molecule has 2 rings (SSSR count). The second-order valence-corrected chi connectivity index (χ2v) is 5.99. The van der Waals surface area contributed by atoms with Crippen LogP contribution < -0.4 is 9.80 Å². The molecule has 2 aromatic rings. The van der Waals surface area contributed by atoms with Crippen LogP contribution in [0.25, 0.3) is 0 Å². The monoisotopic (exact) mass is 363 g/mol. The van der Waals surface area contributed by atoms with Crippen molar-refractivity contribution in [3.8, 4) is 5.75 Å². The molecule has 0 aromatic heterocycles. The van der Waals surface area contributed by atoms with Crippen LogP contribution in [0.2, 0.25) is 0 Å². The van der Waals surface area contributed by atoms with Crippen LogP contribution in [0, 0.1) is 6.92 Å². The van der Waals surface area contributed by atoms with Crippen molar-refractivity contribution in [2.45, 2.75) is 46.6 Å². The van der Waals surface area contributed by atoms with Crippen molar-refractivity contribution >= 4 is 11.6 Å². The van der Waals surface area contributed by atoms with Crippen molar-refractivity contribution in [3.63, 3.8) is 0 Å². The van der Waals surface area contributed by atoms with Crippen molar-refractivity contribution in [1.29, 1.82) is 0 Å². The Morgan fingerprint density at radius 2 is 1.92 bits per heavy atom. The highest BCUT2D eigenvalue weighted by Gasteiger charge is 2.19. The normalized spacial score (nSPS) is 10.9. The highest BCUT2D eigenvalue weighted by Crippen LogP contribution is 2.29. The lowest BCUT2D eigenvalue weighted by Crippen LogP contribution is -2.27. The van der Waals surface area contributed by atoms with Gasteiger partial charge in [0, 0.05) is 17.5 Å². The van der Waals surface area contributed by atoms with Gasteiger partial charge in [-0.15, -0.1) is 0 Å². The predicted molar refractivity (Wildman–Crippen MR) is 95.9 cm³/mol. The summed E-state index contributed by atoms with van der Waals surface area (Å²) in [7, 11) is 0. The van der Waals surface area contributed by atoms with Crippen LogP contribution in [0.5, 0.6) is 5.75 Å². The first-order valence-electron chi connectivity index (χ1n) is 8.52. The van der Waals surface area contributed by atoms with Gasteiger partial charge in [0.15, 0.2) is 0 Å². The standard InChI is InChI=1S/C20H23F2NO3/c1-4-14-6-9-18(13(3)10-14)26-12-16-8-7-15(20(21)22)11-17(16)23(25)19(24)5-2/h6-11,20,25H,4-5,12H2,1-3H3. The summed E-state index contributed by atoms with van der Waals surface area (Å²) in [5, 5.41) is 10.5. The number of benzene rings is 2. The largest absolute Gasteiger partial charge is 0.489 e. The number of carbonyl (C=O) groups excluding carboxylic acids is 1. The smallest absolute Gasteiger partial charge is 0.263 e. The molecule has 1 N–H and O–H groups in total. The van der Waals surface area contributed by atoms with Gasteiger partial charge in [0.25, 0.3) is 6.43 Å². The molecule has 0 unspecified atom stereocenters. The third-order valence-electron chi connectivity index (χ3n) is 4.16. The van der Waals surface area contributed by atoms with Gasteiger partial charge in [0.1, 0.15) is 12.4 Å². The van der Waals surface area contributed by atoms with Crippen LogP contribution in [0.15, 0.2) is 36.4 Å². The van der Waals surface area contributed by atoms with Crippen LogP contribution in [0.4, 0.5) is 14.5 Å². The molecule has 1 amide bonds. The minimum absolute atomic E-state index is 0.0116. The van der Waals surface area contributed by atoms with Gasteiger partial charge in [-0.2, -0.15) is 5.06 Å². The van der Waals surface area contributed by atoms with E-state index in [-0.39, 0.29) is 24.3 Å². The molecule has 0 bridgehead atoms. The average molecular weight is 363 g/mol. The SMILES string of the molecule is CCC(=O)N(O)c1cc(C(F)F)ccc1COc1ccc(CC)cc1C. The summed E-state index contributed by atoms with van der Waals surface area (Å²) in [6, 6.07) is 9.67. The van der Waals surface area contributed by atoms with E-state index in [1.165, 1.54) is 17.7 Å². The Morgan fingerprint density at radius 3 is 2.50 bits per heavy atom. The van der Waals surface area contributed by atoms with Gasteiger partial charge in [-0.05, 0) is 36.6 Å². The number of hydrogen-bond donors (Lipinski definition) is 1. The van der Waals surface area contributed by atoms with Crippen LogP contribution in [-0.2, 0) is 17.8 Å². The molecule has 2 aromatic carbocycles. The molecule has 4 nitrogen and oxygen atoms in total. The Labute approximate surface area is 152 Å². The van der Waals surface area contributed by atoms with Crippen molar-refractivity contribution in [3.05, 3.63) is 58.7 Å². The van der Waals surface area contributed by atoms with Crippen LogP contribution >= 0.6 is 0 Å². The third-order valence-corrected chi connectivity index (χ3v) is 4.16. The van der Waals surface area contributed by atoms with E-state index in [2.05, 4.69) is 6.92 Å². The Morgan fingerprint density at radius 1 is 1.19 bits per heavy atom. The number of aryl methyl sites for hydroxylation is 2. The van der Waals surface area contributed by atoms with Crippen molar-refractivity contribution < 1.29 is 23.5 Å². The number of ether oxygens (including phenoxy) is 1. The predicted octanol–water partition coefficient (Wildman–Crippen LogP) is 5.21. The molecule has 6 heteroatoms. The molecule has 0 radical (unpaired) electrons. The van der Waals surface area contributed by atoms with Crippen LogP contribution in [0.3, 0.4) is 0 Å². The first-order chi connectivity index (χ1) is 12.4. The zero-order valence-electron chi connectivity index (χ0n) is 15.1. The molecule has 140 valence electrons. The minimum atomic E-state index is -2.70. The Balaban J connectivity index is 2.29. The average Bonchev–Trinajstić information content (AvgIpc) is 2.65. The van der Waals surface area contributed by atoms with Crippen LogP contribution in [-0.4, -0.2) is 11.1 Å². The van der Waals surface area contributed by atoms with Gasteiger partial charge in [0.2, 0.25) is 5.91 Å². The lowest BCUT2D eigenvalue weighted by Gasteiger charge is -2.20. The Bertz CT molecular complexity index is 778. The second-order valence-electron chi connectivity index (χ2n) is 5.99. The van der Waals surface area contributed by atoms with Crippen molar-refractivity contribution in [1.82, 2.24) is 0 Å². The van der Waals surface area contributed by atoms with Crippen LogP contribution in [0.1, 0.15) is 48.9 Å². The van der Waals surface area contributed by atoms with E-state index in [0.29, 0.717) is 16.4 Å². The molecule has 0 fully saturated rings. The number of halogens is 2. The molecule has 0 aliphatic carbocycles. The summed E-state index contributed by atoms with van der Waals surface area (Å²) < 4.78 is 31.8. The fourth-order valence-corrected chi connectivity index (χ4v) is 2.57. The van der Waals surface area contributed by atoms with E-state index in [1.54, 1.807) is 6.92 Å². The van der Waals surface area contributed by atoms with E-state index in [4.69, 9.17) is 4.74 Å². The molecular weight excluding hydrogens is 340 g/mol. The summed E-state index contributed by atoms with van der Waals surface area (Å²) in [6.07, 6.45) is -1.73. The first kappa shape index (κ1) is 19.8. The van der Waals surface area contributed by atoms with E-state index in [0.717, 1.165) is 18.1 Å². The summed E-state index contributed by atoms with van der Waals surface area (Å²) >= 11 is 0. The van der Waals surface area contributed by atoms with Gasteiger partial charge < -0.3 is 4.74 Å². The lowest BCUT2D eigenvalue weighted by atomic mass is 10.1. The van der Waals surface area contributed by atoms with Gasteiger partial charge in [-0.1, -0.05) is 38.1 Å². The number of alkyl halides is 2. The number of nitrogens with zero attached hydrogens (tertiary/aromatic N) is 1. The minimum Gasteiger partial charge on any atom is -0.489 e. The molecule has 26 heavy (non-hydrogen) atoms. The Hall–Kier alpha value is -2.47. The topological polar surface area (TPSA) is 49.8 Å². The number of amides is 1. The summed E-state index contributed by atoms with van der Waals surface area (Å²) in [4.78, 5) is 11.8. The number of carbonyl (C=O) groups is 1. The van der Waals surface area contributed by atoms with Crippen molar-refractivity contribution in [2.24, 2.45) is 0 Å². The number of rotatable bonds is 7. The van der Waals surface area contributed by atoms with Gasteiger partial charge in [0.05, 0.1) is 5.69 Å². The highest BCUT2D eigenvalue weighted by molar-refractivity contribution is 5.91. The molecule has 0 aliphatic rings. The number of hydroxylamine groups is 1. The maximum absolute atomic E-state index is 13.0. The highest BCUT2D eigenvalue weighted by atomic mass is 19.3. The third kappa shape index (κ3) is 4.58. The first-order valence-corrected chi connectivity index (χ1v) is 8.52. The van der Waals surface area contributed by atoms with Gasteiger partial charge >= 0.3 is 0 Å². The maximum atomic E-state index is 13.0. The van der Waals surface area contributed by atoms with Crippen molar-refractivity contribution in [2.75, 3.05) is 5.06 Å². The molecule has 0 heterocycles. The second kappa shape index (κ2) is 8.76. The summed E-state index contributed by atoms with van der Waals surface area (Å²) in [6.45, 7) is 5.61.